The lowest BCUT2D eigenvalue weighted by molar-refractivity contribution is 0.317. The maximum atomic E-state index is 5.61. The molecule has 1 aromatic heterocycles. The number of furan rings is 1. The van der Waals surface area contributed by atoms with Gasteiger partial charge in [-0.2, -0.15) is 0 Å². The maximum Gasteiger partial charge on any atom is 0.120 e. The fourth-order valence-electron chi connectivity index (χ4n) is 1.98. The molecule has 0 bridgehead atoms. The fraction of sp³-hybridized carbons (Fsp3) is 0.412. The predicted octanol–water partition coefficient (Wildman–Crippen LogP) is 4.23. The lowest BCUT2D eigenvalue weighted by Gasteiger charge is -2.12. The lowest BCUT2D eigenvalue weighted by Crippen LogP contribution is -2.17. The van der Waals surface area contributed by atoms with Crippen molar-refractivity contribution < 1.29 is 9.15 Å². The van der Waals surface area contributed by atoms with Crippen molar-refractivity contribution >= 4 is 0 Å². The SMILES string of the molecule is CCCOc1ccc(CNC(C)c2ccc(C)o2)cc1. The Labute approximate surface area is 121 Å². The Morgan fingerprint density at radius 3 is 2.50 bits per heavy atom. The van der Waals surface area contributed by atoms with Crippen molar-refractivity contribution in [1.82, 2.24) is 5.32 Å². The molecule has 3 heteroatoms. The van der Waals surface area contributed by atoms with Gasteiger partial charge in [0.25, 0.3) is 0 Å². The van der Waals surface area contributed by atoms with Crippen LogP contribution in [0.4, 0.5) is 0 Å². The average molecular weight is 273 g/mol. The molecule has 0 radical (unpaired) electrons. The lowest BCUT2D eigenvalue weighted by atomic mass is 10.2. The first-order valence-electron chi connectivity index (χ1n) is 7.20. The first-order chi connectivity index (χ1) is 9.69. The second-order valence-electron chi connectivity index (χ2n) is 5.04. The van der Waals surface area contributed by atoms with E-state index >= 15 is 0 Å². The van der Waals surface area contributed by atoms with Crippen molar-refractivity contribution in [3.8, 4) is 5.75 Å². The molecule has 1 unspecified atom stereocenters. The second-order valence-corrected chi connectivity index (χ2v) is 5.04. The van der Waals surface area contributed by atoms with Crippen LogP contribution in [0.1, 0.15) is 43.4 Å². The van der Waals surface area contributed by atoms with E-state index in [1.165, 1.54) is 5.56 Å². The summed E-state index contributed by atoms with van der Waals surface area (Å²) in [5.41, 5.74) is 1.24. The summed E-state index contributed by atoms with van der Waals surface area (Å²) in [4.78, 5) is 0. The monoisotopic (exact) mass is 273 g/mol. The molecule has 1 N–H and O–H groups in total. The first-order valence-corrected chi connectivity index (χ1v) is 7.20. The zero-order valence-corrected chi connectivity index (χ0v) is 12.5. The summed E-state index contributed by atoms with van der Waals surface area (Å²) in [6.07, 6.45) is 1.03. The van der Waals surface area contributed by atoms with Gasteiger partial charge >= 0.3 is 0 Å². The third-order valence-corrected chi connectivity index (χ3v) is 3.20. The largest absolute Gasteiger partial charge is 0.494 e. The fourth-order valence-corrected chi connectivity index (χ4v) is 1.98. The number of ether oxygens (including phenoxy) is 1. The van der Waals surface area contributed by atoms with Gasteiger partial charge in [-0.15, -0.1) is 0 Å². The summed E-state index contributed by atoms with van der Waals surface area (Å²) in [5.74, 6) is 2.86. The van der Waals surface area contributed by atoms with Gasteiger partial charge in [-0.3, -0.25) is 0 Å². The van der Waals surface area contributed by atoms with Crippen LogP contribution in [0.2, 0.25) is 0 Å². The third kappa shape index (κ3) is 4.14. The summed E-state index contributed by atoms with van der Waals surface area (Å²) < 4.78 is 11.2. The molecule has 0 aliphatic carbocycles. The number of nitrogens with one attached hydrogen (secondary N) is 1. The highest BCUT2D eigenvalue weighted by molar-refractivity contribution is 5.27. The molecule has 0 fully saturated rings. The minimum atomic E-state index is 0.208. The molecular weight excluding hydrogens is 250 g/mol. The summed E-state index contributed by atoms with van der Waals surface area (Å²) in [6, 6.07) is 12.5. The van der Waals surface area contributed by atoms with E-state index in [1.54, 1.807) is 0 Å². The van der Waals surface area contributed by atoms with Gasteiger partial charge in [0.05, 0.1) is 12.6 Å². The minimum Gasteiger partial charge on any atom is -0.494 e. The van der Waals surface area contributed by atoms with Crippen LogP contribution < -0.4 is 10.1 Å². The van der Waals surface area contributed by atoms with E-state index in [-0.39, 0.29) is 6.04 Å². The van der Waals surface area contributed by atoms with Gasteiger partial charge in [-0.25, -0.2) is 0 Å². The van der Waals surface area contributed by atoms with Gasteiger partial charge in [0.15, 0.2) is 0 Å². The summed E-state index contributed by atoms with van der Waals surface area (Å²) in [7, 11) is 0. The van der Waals surface area contributed by atoms with Gasteiger partial charge in [0.2, 0.25) is 0 Å². The van der Waals surface area contributed by atoms with Crippen LogP contribution in [0.25, 0.3) is 0 Å². The maximum absolute atomic E-state index is 5.61. The molecular formula is C17H23NO2. The van der Waals surface area contributed by atoms with Gasteiger partial charge in [-0.05, 0) is 50.1 Å². The topological polar surface area (TPSA) is 34.4 Å². The van der Waals surface area contributed by atoms with Crippen LogP contribution in [0, 0.1) is 6.92 Å². The Morgan fingerprint density at radius 2 is 1.90 bits per heavy atom. The molecule has 1 atom stereocenters. The minimum absolute atomic E-state index is 0.208. The van der Waals surface area contributed by atoms with E-state index < -0.39 is 0 Å². The van der Waals surface area contributed by atoms with Crippen LogP contribution >= 0.6 is 0 Å². The van der Waals surface area contributed by atoms with Crippen molar-refractivity contribution in [3.63, 3.8) is 0 Å². The standard InChI is InChI=1S/C17H23NO2/c1-4-11-19-16-8-6-15(7-9-16)12-18-14(3)17-10-5-13(2)20-17/h5-10,14,18H,4,11-12H2,1-3H3. The van der Waals surface area contributed by atoms with E-state index in [9.17, 15) is 0 Å². The highest BCUT2D eigenvalue weighted by Gasteiger charge is 2.08. The van der Waals surface area contributed by atoms with Crippen molar-refractivity contribution in [2.24, 2.45) is 0 Å². The molecule has 108 valence electrons. The van der Waals surface area contributed by atoms with Gasteiger partial charge in [0.1, 0.15) is 17.3 Å². The Balaban J connectivity index is 1.84. The van der Waals surface area contributed by atoms with Crippen LogP contribution in [-0.2, 0) is 6.54 Å². The van der Waals surface area contributed by atoms with E-state index in [4.69, 9.17) is 9.15 Å². The predicted molar refractivity (Wildman–Crippen MR) is 80.9 cm³/mol. The third-order valence-electron chi connectivity index (χ3n) is 3.20. The van der Waals surface area contributed by atoms with E-state index in [2.05, 4.69) is 31.3 Å². The highest BCUT2D eigenvalue weighted by atomic mass is 16.5. The van der Waals surface area contributed by atoms with Crippen LogP contribution in [-0.4, -0.2) is 6.61 Å². The number of hydrogen-bond acceptors (Lipinski definition) is 3. The molecule has 0 aliphatic rings. The molecule has 1 heterocycles. The zero-order valence-electron chi connectivity index (χ0n) is 12.5. The Hall–Kier alpha value is -1.74. The molecule has 3 nitrogen and oxygen atoms in total. The summed E-state index contributed by atoms with van der Waals surface area (Å²) >= 11 is 0. The van der Waals surface area contributed by atoms with Crippen LogP contribution in [0.15, 0.2) is 40.8 Å². The molecule has 0 spiro atoms. The molecule has 2 aromatic rings. The Morgan fingerprint density at radius 1 is 1.15 bits per heavy atom. The van der Waals surface area contributed by atoms with Gasteiger partial charge < -0.3 is 14.5 Å². The van der Waals surface area contributed by atoms with Crippen LogP contribution in [0.3, 0.4) is 0 Å². The van der Waals surface area contributed by atoms with Crippen molar-refractivity contribution in [1.29, 1.82) is 0 Å². The van der Waals surface area contributed by atoms with E-state index in [0.29, 0.717) is 0 Å². The number of benzene rings is 1. The first kappa shape index (κ1) is 14.7. The van der Waals surface area contributed by atoms with Crippen LogP contribution in [0.5, 0.6) is 5.75 Å². The van der Waals surface area contributed by atoms with Crippen molar-refractivity contribution in [3.05, 3.63) is 53.5 Å². The molecule has 20 heavy (non-hydrogen) atoms. The number of hydrogen-bond donors (Lipinski definition) is 1. The van der Waals surface area contributed by atoms with E-state index in [1.807, 2.05) is 31.2 Å². The molecule has 2 rings (SSSR count). The average Bonchev–Trinajstić information content (AvgIpc) is 2.90. The summed E-state index contributed by atoms with van der Waals surface area (Å²) in [5, 5.41) is 3.46. The molecule has 0 saturated heterocycles. The molecule has 0 aliphatic heterocycles. The van der Waals surface area contributed by atoms with E-state index in [0.717, 1.165) is 36.8 Å². The normalized spacial score (nSPS) is 12.3. The molecule has 1 aromatic carbocycles. The molecule has 0 amide bonds. The Bertz CT molecular complexity index is 516. The van der Waals surface area contributed by atoms with Gasteiger partial charge in [0, 0.05) is 6.54 Å². The highest BCUT2D eigenvalue weighted by Crippen LogP contribution is 2.17. The smallest absolute Gasteiger partial charge is 0.120 e. The quantitative estimate of drug-likeness (QED) is 0.820. The summed E-state index contributed by atoms with van der Waals surface area (Å²) in [6.45, 7) is 7.76. The van der Waals surface area contributed by atoms with Crippen molar-refractivity contribution in [2.75, 3.05) is 6.61 Å². The second kappa shape index (κ2) is 7.15. The number of aryl methyl sites for hydroxylation is 1. The zero-order chi connectivity index (χ0) is 14.4. The Kier molecular flexibility index (Phi) is 5.24. The molecule has 0 saturated carbocycles. The van der Waals surface area contributed by atoms with Gasteiger partial charge in [-0.1, -0.05) is 19.1 Å². The number of rotatable bonds is 7. The van der Waals surface area contributed by atoms with Crippen molar-refractivity contribution in [2.45, 2.75) is 39.8 Å².